The normalized spacial score (nSPS) is 25.6. The molecule has 1 N–H and O–H groups in total. The van der Waals surface area contributed by atoms with E-state index in [0.29, 0.717) is 35.7 Å². The minimum atomic E-state index is -0.490. The van der Waals surface area contributed by atoms with Crippen LogP contribution in [0.25, 0.3) is 11.3 Å². The van der Waals surface area contributed by atoms with Gasteiger partial charge < -0.3 is 19.5 Å². The molecule has 4 rings (SSSR count). The Labute approximate surface area is 201 Å². The predicted octanol–water partition coefficient (Wildman–Crippen LogP) is 4.83. The minimum absolute atomic E-state index is 0.0437. The van der Waals surface area contributed by atoms with E-state index in [1.54, 1.807) is 24.3 Å². The zero-order valence-corrected chi connectivity index (χ0v) is 20.5. The number of likely N-dealkylation sites (tertiary alicyclic amines) is 1. The molecule has 4 atom stereocenters. The molecule has 6 nitrogen and oxygen atoms in total. The van der Waals surface area contributed by atoms with E-state index in [1.807, 2.05) is 17.0 Å². The van der Waals surface area contributed by atoms with Gasteiger partial charge in [-0.2, -0.15) is 0 Å². The van der Waals surface area contributed by atoms with E-state index in [2.05, 4.69) is 31.2 Å². The highest BCUT2D eigenvalue weighted by molar-refractivity contribution is 6.30. The van der Waals surface area contributed by atoms with Crippen LogP contribution in [0.3, 0.4) is 0 Å². The molecule has 1 aliphatic carbocycles. The van der Waals surface area contributed by atoms with Gasteiger partial charge in [0.1, 0.15) is 11.8 Å². The van der Waals surface area contributed by atoms with Crippen LogP contribution in [0.2, 0.25) is 5.02 Å². The van der Waals surface area contributed by atoms with Crippen molar-refractivity contribution in [1.29, 1.82) is 0 Å². The van der Waals surface area contributed by atoms with E-state index >= 15 is 0 Å². The number of carbonyl (C=O) groups excluding carboxylic acids is 2. The molecule has 2 heterocycles. The Bertz CT molecular complexity index is 971. The van der Waals surface area contributed by atoms with Crippen LogP contribution >= 0.6 is 11.6 Å². The number of benzene rings is 1. The summed E-state index contributed by atoms with van der Waals surface area (Å²) in [5.74, 6) is 1.01. The molecule has 7 heteroatoms. The van der Waals surface area contributed by atoms with Crippen molar-refractivity contribution in [3.05, 3.63) is 47.2 Å². The lowest BCUT2D eigenvalue weighted by Crippen LogP contribution is -2.50. The molecule has 1 aromatic carbocycles. The monoisotopic (exact) mass is 471 g/mol. The van der Waals surface area contributed by atoms with Crippen LogP contribution in [0.15, 0.2) is 40.8 Å². The topological polar surface area (TPSA) is 65.8 Å². The Hall–Kier alpha value is -2.31. The van der Waals surface area contributed by atoms with Gasteiger partial charge in [-0.05, 0) is 88.5 Å². The van der Waals surface area contributed by atoms with Crippen molar-refractivity contribution < 1.29 is 14.0 Å². The smallest absolute Gasteiger partial charge is 0.287 e. The summed E-state index contributed by atoms with van der Waals surface area (Å²) in [7, 11) is 4.29. The van der Waals surface area contributed by atoms with Crippen molar-refractivity contribution in [3.63, 3.8) is 0 Å². The number of hydrogen-bond acceptors (Lipinski definition) is 4. The number of halogens is 1. The second-order valence-electron chi connectivity index (χ2n) is 9.56. The molecule has 2 aliphatic rings. The largest absolute Gasteiger partial charge is 0.451 e. The Morgan fingerprint density at radius 3 is 2.61 bits per heavy atom. The summed E-state index contributed by atoms with van der Waals surface area (Å²) in [6.07, 6.45) is 6.17. The fourth-order valence-corrected chi connectivity index (χ4v) is 5.53. The fraction of sp³-hybridized carbons (Fsp3) is 0.538. The maximum absolute atomic E-state index is 13.3. The molecule has 1 saturated carbocycles. The number of carbonyl (C=O) groups is 2. The van der Waals surface area contributed by atoms with Crippen LogP contribution in [0.1, 0.15) is 56.0 Å². The van der Waals surface area contributed by atoms with Gasteiger partial charge in [0, 0.05) is 29.2 Å². The first kappa shape index (κ1) is 23.8. The highest BCUT2D eigenvalue weighted by Crippen LogP contribution is 2.35. The maximum Gasteiger partial charge on any atom is 0.287 e. The second kappa shape index (κ2) is 10.3. The molecular weight excluding hydrogens is 438 g/mol. The third kappa shape index (κ3) is 5.28. The lowest BCUT2D eigenvalue weighted by molar-refractivity contribution is -0.133. The van der Waals surface area contributed by atoms with Gasteiger partial charge in [-0.25, -0.2) is 0 Å². The highest BCUT2D eigenvalue weighted by atomic mass is 35.5. The minimum Gasteiger partial charge on any atom is -0.451 e. The van der Waals surface area contributed by atoms with E-state index in [1.165, 1.54) is 0 Å². The highest BCUT2D eigenvalue weighted by Gasteiger charge is 2.42. The summed E-state index contributed by atoms with van der Waals surface area (Å²) in [6, 6.07) is 11.0. The van der Waals surface area contributed by atoms with E-state index in [-0.39, 0.29) is 23.6 Å². The zero-order valence-electron chi connectivity index (χ0n) is 19.7. The number of nitrogens with one attached hydrogen (secondary N) is 1. The molecule has 0 spiro atoms. The Balaban J connectivity index is 1.39. The first-order chi connectivity index (χ1) is 15.9. The molecule has 1 aliphatic heterocycles. The SMILES string of the molecule is CCC[C@@H]1C[C@H](N(C)C)CC[C@@H]1N1CCC(NC(=O)c2ccc(-c3ccc(Cl)cc3)o2)C1=O. The molecule has 2 aromatic rings. The Morgan fingerprint density at radius 2 is 1.91 bits per heavy atom. The third-order valence-electron chi connectivity index (χ3n) is 7.21. The predicted molar refractivity (Wildman–Crippen MR) is 130 cm³/mol. The summed E-state index contributed by atoms with van der Waals surface area (Å²) in [5, 5.41) is 3.55. The van der Waals surface area contributed by atoms with Gasteiger partial charge in [0.25, 0.3) is 5.91 Å². The Morgan fingerprint density at radius 1 is 1.15 bits per heavy atom. The van der Waals surface area contributed by atoms with Gasteiger partial charge in [0.2, 0.25) is 5.91 Å². The standard InChI is InChI=1S/C26H34ClN3O3/c1-4-5-18-16-20(29(2)3)10-11-22(18)30-15-14-21(26(30)32)28-25(31)24-13-12-23(33-24)17-6-8-19(27)9-7-17/h6-9,12-13,18,20-22H,4-5,10-11,14-16H2,1-3H3,(H,28,31)/t18-,20-,21?,22+/m1/s1. The molecule has 1 unspecified atom stereocenters. The van der Waals surface area contributed by atoms with E-state index < -0.39 is 6.04 Å². The number of amides is 2. The number of furan rings is 1. The summed E-state index contributed by atoms with van der Waals surface area (Å²) < 4.78 is 5.76. The van der Waals surface area contributed by atoms with Crippen LogP contribution in [0, 0.1) is 5.92 Å². The van der Waals surface area contributed by atoms with Gasteiger partial charge >= 0.3 is 0 Å². The molecule has 33 heavy (non-hydrogen) atoms. The van der Waals surface area contributed by atoms with Crippen molar-refractivity contribution >= 4 is 23.4 Å². The van der Waals surface area contributed by atoms with Crippen molar-refractivity contribution in [3.8, 4) is 11.3 Å². The van der Waals surface area contributed by atoms with Gasteiger partial charge in [-0.3, -0.25) is 9.59 Å². The quantitative estimate of drug-likeness (QED) is 0.628. The van der Waals surface area contributed by atoms with Gasteiger partial charge in [0.05, 0.1) is 0 Å². The fourth-order valence-electron chi connectivity index (χ4n) is 5.41. The lowest BCUT2D eigenvalue weighted by Gasteiger charge is -2.43. The molecule has 0 bridgehead atoms. The number of nitrogens with zero attached hydrogens (tertiary/aromatic N) is 2. The molecule has 2 amide bonds. The summed E-state index contributed by atoms with van der Waals surface area (Å²) >= 11 is 5.95. The van der Waals surface area contributed by atoms with Crippen molar-refractivity contribution in [2.45, 2.75) is 63.6 Å². The molecule has 1 aromatic heterocycles. The number of hydrogen-bond donors (Lipinski definition) is 1. The molecule has 178 valence electrons. The third-order valence-corrected chi connectivity index (χ3v) is 7.46. The number of rotatable bonds is 7. The van der Waals surface area contributed by atoms with E-state index in [4.69, 9.17) is 16.0 Å². The first-order valence-electron chi connectivity index (χ1n) is 12.0. The maximum atomic E-state index is 13.3. The molecule has 0 radical (unpaired) electrons. The first-order valence-corrected chi connectivity index (χ1v) is 12.4. The van der Waals surface area contributed by atoms with Crippen molar-refractivity contribution in [2.75, 3.05) is 20.6 Å². The molecule has 2 fully saturated rings. The van der Waals surface area contributed by atoms with Crippen molar-refractivity contribution in [2.24, 2.45) is 5.92 Å². The van der Waals surface area contributed by atoms with Crippen LogP contribution in [-0.4, -0.2) is 60.4 Å². The van der Waals surface area contributed by atoms with Gasteiger partial charge in [-0.15, -0.1) is 0 Å². The molecular formula is C26H34ClN3O3. The van der Waals surface area contributed by atoms with E-state index in [9.17, 15) is 9.59 Å². The van der Waals surface area contributed by atoms with Gasteiger partial charge in [0.15, 0.2) is 5.76 Å². The van der Waals surface area contributed by atoms with Crippen molar-refractivity contribution in [1.82, 2.24) is 15.1 Å². The van der Waals surface area contributed by atoms with Crippen LogP contribution < -0.4 is 5.32 Å². The van der Waals surface area contributed by atoms with Crippen LogP contribution in [0.5, 0.6) is 0 Å². The second-order valence-corrected chi connectivity index (χ2v) is 10.0. The Kier molecular flexibility index (Phi) is 7.45. The van der Waals surface area contributed by atoms with E-state index in [0.717, 1.165) is 37.7 Å². The van der Waals surface area contributed by atoms with Crippen LogP contribution in [-0.2, 0) is 4.79 Å². The van der Waals surface area contributed by atoms with Gasteiger partial charge in [-0.1, -0.05) is 24.9 Å². The lowest BCUT2D eigenvalue weighted by atomic mass is 9.78. The van der Waals surface area contributed by atoms with Crippen LogP contribution in [0.4, 0.5) is 0 Å². The summed E-state index contributed by atoms with van der Waals surface area (Å²) in [4.78, 5) is 30.4. The average molecular weight is 472 g/mol. The summed E-state index contributed by atoms with van der Waals surface area (Å²) in [5.41, 5.74) is 0.844. The summed E-state index contributed by atoms with van der Waals surface area (Å²) in [6.45, 7) is 2.92. The zero-order chi connectivity index (χ0) is 23.5. The average Bonchev–Trinajstić information content (AvgIpc) is 3.42. The molecule has 1 saturated heterocycles.